The molecule has 2 heterocycles. The zero-order chi connectivity index (χ0) is 26.5. The van der Waals surface area contributed by atoms with Crippen molar-refractivity contribution in [2.75, 3.05) is 19.6 Å². The minimum Gasteiger partial charge on any atom is -0.330 e. The summed E-state index contributed by atoms with van der Waals surface area (Å²) in [7, 11) is 0. The monoisotopic (exact) mass is 524 g/mol. The van der Waals surface area contributed by atoms with Gasteiger partial charge in [-0.05, 0) is 52.3 Å². The van der Waals surface area contributed by atoms with Crippen molar-refractivity contribution in [2.24, 2.45) is 0 Å². The Labute approximate surface area is 226 Å². The van der Waals surface area contributed by atoms with E-state index in [-0.39, 0.29) is 36.8 Å². The van der Waals surface area contributed by atoms with Crippen molar-refractivity contribution >= 4 is 23.2 Å². The van der Waals surface area contributed by atoms with Crippen molar-refractivity contribution in [1.82, 2.24) is 9.80 Å². The summed E-state index contributed by atoms with van der Waals surface area (Å²) in [6.45, 7) is 4.56. The standard InChI is InChI=1S/C32H29FN2O2S/c1-2-19-34(32(37)30(23-9-5-3-6-10-23)24-11-7-4-8-12-24)22-29(36)35-20-17-28-27(18-21-38-28)31(35)25-13-15-26(33)16-14-25/h2-16,18,21,30-31H,1,17,19-20,22H2. The van der Waals surface area contributed by atoms with Gasteiger partial charge in [-0.3, -0.25) is 9.59 Å². The van der Waals surface area contributed by atoms with Crippen LogP contribution in [0.1, 0.15) is 39.1 Å². The van der Waals surface area contributed by atoms with Crippen LogP contribution in [-0.2, 0) is 16.0 Å². The van der Waals surface area contributed by atoms with Crippen LogP contribution in [0.25, 0.3) is 0 Å². The van der Waals surface area contributed by atoms with Crippen molar-refractivity contribution in [3.05, 3.63) is 142 Å². The van der Waals surface area contributed by atoms with E-state index in [1.54, 1.807) is 34.4 Å². The Morgan fingerprint density at radius 2 is 1.61 bits per heavy atom. The molecule has 0 aliphatic carbocycles. The van der Waals surface area contributed by atoms with Crippen LogP contribution in [0.3, 0.4) is 0 Å². The van der Waals surface area contributed by atoms with Gasteiger partial charge in [0.2, 0.25) is 11.8 Å². The predicted octanol–water partition coefficient (Wildman–Crippen LogP) is 6.21. The van der Waals surface area contributed by atoms with Crippen LogP contribution in [0.4, 0.5) is 4.39 Å². The first-order valence-corrected chi connectivity index (χ1v) is 13.6. The van der Waals surface area contributed by atoms with E-state index in [2.05, 4.69) is 6.58 Å². The Bertz CT molecular complexity index is 1360. The Kier molecular flexibility index (Phi) is 7.80. The van der Waals surface area contributed by atoms with Gasteiger partial charge < -0.3 is 9.80 Å². The fraction of sp³-hybridized carbons (Fsp3) is 0.188. The first kappa shape index (κ1) is 25.6. The molecule has 3 aromatic carbocycles. The van der Waals surface area contributed by atoms with Gasteiger partial charge in [0.05, 0.1) is 12.0 Å². The lowest BCUT2D eigenvalue weighted by atomic mass is 9.90. The predicted molar refractivity (Wildman–Crippen MR) is 149 cm³/mol. The van der Waals surface area contributed by atoms with Gasteiger partial charge in [0, 0.05) is 18.0 Å². The molecule has 0 bridgehead atoms. The molecule has 1 aliphatic heterocycles. The molecule has 38 heavy (non-hydrogen) atoms. The Morgan fingerprint density at radius 3 is 2.21 bits per heavy atom. The number of thiophene rings is 1. The summed E-state index contributed by atoms with van der Waals surface area (Å²) in [5.74, 6) is -1.15. The van der Waals surface area contributed by atoms with Crippen LogP contribution < -0.4 is 0 Å². The van der Waals surface area contributed by atoms with Crippen LogP contribution >= 0.6 is 11.3 Å². The van der Waals surface area contributed by atoms with Crippen LogP contribution in [-0.4, -0.2) is 41.2 Å². The molecule has 0 fully saturated rings. The molecule has 1 atom stereocenters. The number of rotatable bonds is 8. The van der Waals surface area contributed by atoms with Crippen molar-refractivity contribution in [1.29, 1.82) is 0 Å². The molecule has 0 radical (unpaired) electrons. The largest absolute Gasteiger partial charge is 0.330 e. The van der Waals surface area contributed by atoms with Gasteiger partial charge in [-0.25, -0.2) is 4.39 Å². The first-order chi connectivity index (χ1) is 18.6. The molecule has 1 aromatic heterocycles. The van der Waals surface area contributed by atoms with Crippen LogP contribution in [0, 0.1) is 5.82 Å². The third-order valence-corrected chi connectivity index (χ3v) is 7.97. The second-order valence-electron chi connectivity index (χ2n) is 9.35. The van der Waals surface area contributed by atoms with Gasteiger partial charge >= 0.3 is 0 Å². The van der Waals surface area contributed by atoms with E-state index in [1.165, 1.54) is 17.0 Å². The molecule has 0 spiro atoms. The van der Waals surface area contributed by atoms with Gasteiger partial charge in [0.15, 0.2) is 0 Å². The molecule has 1 unspecified atom stereocenters. The normalized spacial score (nSPS) is 14.7. The van der Waals surface area contributed by atoms with Gasteiger partial charge in [-0.1, -0.05) is 78.9 Å². The Hall–Kier alpha value is -4.03. The van der Waals surface area contributed by atoms with E-state index < -0.39 is 5.92 Å². The van der Waals surface area contributed by atoms with Crippen LogP contribution in [0.2, 0.25) is 0 Å². The summed E-state index contributed by atoms with van der Waals surface area (Å²) < 4.78 is 13.7. The zero-order valence-electron chi connectivity index (χ0n) is 21.0. The third-order valence-electron chi connectivity index (χ3n) is 6.97. The molecular weight excluding hydrogens is 495 g/mol. The number of hydrogen-bond acceptors (Lipinski definition) is 3. The number of benzene rings is 3. The highest BCUT2D eigenvalue weighted by Gasteiger charge is 2.35. The fourth-order valence-corrected chi connectivity index (χ4v) is 6.09. The smallest absolute Gasteiger partial charge is 0.243 e. The molecule has 0 saturated carbocycles. The maximum Gasteiger partial charge on any atom is 0.243 e. The lowest BCUT2D eigenvalue weighted by Crippen LogP contribution is -2.47. The number of carbonyl (C=O) groups is 2. The van der Waals surface area contributed by atoms with Crippen LogP contribution in [0.5, 0.6) is 0 Å². The summed E-state index contributed by atoms with van der Waals surface area (Å²) in [5.41, 5.74) is 3.66. The second kappa shape index (κ2) is 11.6. The highest BCUT2D eigenvalue weighted by atomic mass is 32.1. The quantitative estimate of drug-likeness (QED) is 0.257. The topological polar surface area (TPSA) is 40.6 Å². The average Bonchev–Trinajstić information content (AvgIpc) is 3.43. The number of fused-ring (bicyclic) bond motifs is 1. The zero-order valence-corrected chi connectivity index (χ0v) is 21.8. The maximum absolute atomic E-state index is 14.1. The fourth-order valence-electron chi connectivity index (χ4n) is 5.18. The van der Waals surface area contributed by atoms with Crippen molar-refractivity contribution < 1.29 is 14.0 Å². The third kappa shape index (κ3) is 5.31. The highest BCUT2D eigenvalue weighted by molar-refractivity contribution is 7.10. The average molecular weight is 525 g/mol. The lowest BCUT2D eigenvalue weighted by molar-refractivity contribution is -0.141. The van der Waals surface area contributed by atoms with Crippen molar-refractivity contribution in [2.45, 2.75) is 18.4 Å². The molecule has 6 heteroatoms. The first-order valence-electron chi connectivity index (χ1n) is 12.7. The van der Waals surface area contributed by atoms with E-state index in [0.717, 1.165) is 28.7 Å². The number of amides is 2. The molecule has 0 N–H and O–H groups in total. The molecule has 4 aromatic rings. The minimum absolute atomic E-state index is 0.0712. The highest BCUT2D eigenvalue weighted by Crippen LogP contribution is 2.38. The summed E-state index contributed by atoms with van der Waals surface area (Å²) in [6, 6.07) is 27.3. The molecule has 4 nitrogen and oxygen atoms in total. The summed E-state index contributed by atoms with van der Waals surface area (Å²) in [4.78, 5) is 32.6. The van der Waals surface area contributed by atoms with E-state index in [4.69, 9.17) is 0 Å². The number of halogens is 1. The van der Waals surface area contributed by atoms with E-state index in [9.17, 15) is 14.0 Å². The Balaban J connectivity index is 1.45. The van der Waals surface area contributed by atoms with E-state index in [0.29, 0.717) is 6.54 Å². The number of nitrogens with zero attached hydrogens (tertiary/aromatic N) is 2. The lowest BCUT2D eigenvalue weighted by Gasteiger charge is -2.38. The number of carbonyl (C=O) groups excluding carboxylic acids is 2. The SMILES string of the molecule is C=CCN(CC(=O)N1CCc2sccc2C1c1ccc(F)cc1)C(=O)C(c1ccccc1)c1ccccc1. The Morgan fingerprint density at radius 1 is 0.974 bits per heavy atom. The molecule has 2 amide bonds. The van der Waals surface area contributed by atoms with Gasteiger partial charge in [0.25, 0.3) is 0 Å². The number of hydrogen-bond donors (Lipinski definition) is 0. The van der Waals surface area contributed by atoms with Crippen molar-refractivity contribution in [3.63, 3.8) is 0 Å². The second-order valence-corrected chi connectivity index (χ2v) is 10.4. The van der Waals surface area contributed by atoms with E-state index >= 15 is 0 Å². The van der Waals surface area contributed by atoms with Crippen LogP contribution in [0.15, 0.2) is 109 Å². The van der Waals surface area contributed by atoms with Gasteiger partial charge in [-0.2, -0.15) is 0 Å². The molecular formula is C32H29FN2O2S. The maximum atomic E-state index is 14.1. The molecule has 192 valence electrons. The summed E-state index contributed by atoms with van der Waals surface area (Å²) >= 11 is 1.68. The molecule has 5 rings (SSSR count). The van der Waals surface area contributed by atoms with Gasteiger partial charge in [-0.15, -0.1) is 17.9 Å². The molecule has 1 aliphatic rings. The summed E-state index contributed by atoms with van der Waals surface area (Å²) in [6.07, 6.45) is 2.41. The van der Waals surface area contributed by atoms with Crippen molar-refractivity contribution in [3.8, 4) is 0 Å². The van der Waals surface area contributed by atoms with Gasteiger partial charge in [0.1, 0.15) is 12.4 Å². The summed E-state index contributed by atoms with van der Waals surface area (Å²) in [5, 5.41) is 2.03. The minimum atomic E-state index is -0.539. The van der Waals surface area contributed by atoms with E-state index in [1.807, 2.05) is 77.0 Å². The molecule has 0 saturated heterocycles.